The molecule has 0 fully saturated rings. The minimum absolute atomic E-state index is 0.00240. The average molecular weight is 506 g/mol. The Balaban J connectivity index is 1.69. The molecule has 0 heterocycles. The molecule has 0 aliphatic heterocycles. The molecule has 0 spiro atoms. The summed E-state index contributed by atoms with van der Waals surface area (Å²) in [5, 5.41) is 5.05. The summed E-state index contributed by atoms with van der Waals surface area (Å²) in [6.07, 6.45) is -7.36. The van der Waals surface area contributed by atoms with Gasteiger partial charge in [-0.25, -0.2) is 4.79 Å². The Morgan fingerprint density at radius 2 is 1.97 bits per heavy atom. The maximum Gasteiger partial charge on any atom is 0.412 e. The van der Waals surface area contributed by atoms with Gasteiger partial charge >= 0.3 is 6.09 Å². The molecule has 0 radical (unpaired) electrons. The summed E-state index contributed by atoms with van der Waals surface area (Å²) in [4.78, 5) is 24.4. The zero-order chi connectivity index (χ0) is 36.1. The van der Waals surface area contributed by atoms with Crippen LogP contribution in [-0.2, 0) is 20.7 Å². The maximum atomic E-state index is 12.2. The lowest BCUT2D eigenvalue weighted by Gasteiger charge is -2.25. The van der Waals surface area contributed by atoms with E-state index in [0.717, 1.165) is 5.56 Å². The highest BCUT2D eigenvalue weighted by molar-refractivity contribution is 5.81. The summed E-state index contributed by atoms with van der Waals surface area (Å²) in [5.41, 5.74) is 6.76. The van der Waals surface area contributed by atoms with Gasteiger partial charge in [-0.3, -0.25) is 4.79 Å². The van der Waals surface area contributed by atoms with Crippen LogP contribution in [0.4, 0.5) is 4.79 Å². The lowest BCUT2D eigenvalue weighted by atomic mass is 9.91. The highest BCUT2D eigenvalue weighted by atomic mass is 16.6. The van der Waals surface area contributed by atoms with Crippen LogP contribution < -0.4 is 21.1 Å². The van der Waals surface area contributed by atoms with Gasteiger partial charge in [0.15, 0.2) is 0 Å². The number of nitrogens with one attached hydrogen (secondary N) is 2. The number of hydrogen-bond donors (Lipinski definition) is 3. The van der Waals surface area contributed by atoms with Crippen LogP contribution in [0.2, 0.25) is 0 Å². The number of carbonyl (C=O) groups is 2. The van der Waals surface area contributed by atoms with Gasteiger partial charge in [0.2, 0.25) is 5.91 Å². The van der Waals surface area contributed by atoms with Crippen molar-refractivity contribution in [2.45, 2.75) is 31.3 Å². The standard InChI is InChI=1S/C28H35N3O5/c1-34-24-16-22(17-25(19-24)35-2)9-8-20-10-12-23(13-11-20)36-28(33)31-15-14-30-27(32)26(29)18-21-6-4-3-5-7-21/h3-13,16,22,25-26H,14-15,17-19,29H2,1-2H3,(H,30,32)(H,31,33)/b9-8+/i1D3,2D3,8D,9D,17D2,22D,25D. The Labute approximate surface area is 229 Å². The molecule has 2 aromatic rings. The smallest absolute Gasteiger partial charge is 0.412 e. The molecule has 3 rings (SSSR count). The molecule has 36 heavy (non-hydrogen) atoms. The molecule has 4 N–H and O–H groups in total. The predicted molar refractivity (Wildman–Crippen MR) is 139 cm³/mol. The third kappa shape index (κ3) is 8.87. The zero-order valence-electron chi connectivity index (χ0n) is 31.3. The molecule has 8 nitrogen and oxygen atoms in total. The Hall–Kier alpha value is -3.62. The monoisotopic (exact) mass is 505 g/mol. The summed E-state index contributed by atoms with van der Waals surface area (Å²) in [7, 11) is -6.47. The molecule has 0 saturated heterocycles. The van der Waals surface area contributed by atoms with Crippen LogP contribution in [0.5, 0.6) is 5.75 Å². The molecule has 0 saturated carbocycles. The Bertz CT molecular complexity index is 1520. The number of allylic oxidation sites excluding steroid dienone is 2. The molecular formula is C28H35N3O5. The molecule has 192 valence electrons. The largest absolute Gasteiger partial charge is 0.501 e. The SMILES string of the molecule is [2H]/C(=C(/[2H])C1([2H])C=C(OC([2H])([2H])[2H])CC([2H])(OC([2H])([2H])[2H])C1([2H])[2H])c1ccc(OC(=O)NCCNC(=O)C(N)Cc2ccccc2)cc1. The van der Waals surface area contributed by atoms with Crippen molar-refractivity contribution >= 4 is 18.1 Å². The first-order valence-corrected chi connectivity index (χ1v) is 11.0. The van der Waals surface area contributed by atoms with Gasteiger partial charge in [-0.05, 0) is 42.1 Å². The van der Waals surface area contributed by atoms with Crippen LogP contribution in [0, 0.1) is 5.89 Å². The van der Waals surface area contributed by atoms with E-state index in [1.54, 1.807) is 0 Å². The number of rotatable bonds is 11. The van der Waals surface area contributed by atoms with E-state index in [1.165, 1.54) is 24.3 Å². The highest BCUT2D eigenvalue weighted by Gasteiger charge is 2.21. The van der Waals surface area contributed by atoms with Crippen molar-refractivity contribution in [3.8, 4) is 5.75 Å². The normalized spacial score (nSPS) is 29.9. The first-order chi connectivity index (χ1) is 22.1. The lowest BCUT2D eigenvalue weighted by Crippen LogP contribution is -2.44. The molecule has 8 heteroatoms. The van der Waals surface area contributed by atoms with E-state index in [9.17, 15) is 9.59 Å². The van der Waals surface area contributed by atoms with Crippen LogP contribution in [0.25, 0.3) is 6.05 Å². The molecule has 3 unspecified atom stereocenters. The molecule has 2 amide bonds. The summed E-state index contributed by atoms with van der Waals surface area (Å²) >= 11 is 0. The first kappa shape index (κ1) is 14.8. The van der Waals surface area contributed by atoms with E-state index < -0.39 is 74.7 Å². The molecule has 0 bridgehead atoms. The van der Waals surface area contributed by atoms with Crippen LogP contribution in [0.15, 0.2) is 72.5 Å². The van der Waals surface area contributed by atoms with Gasteiger partial charge in [-0.15, -0.1) is 0 Å². The summed E-state index contributed by atoms with van der Waals surface area (Å²) in [5.74, 6) is -4.11. The second-order valence-electron chi connectivity index (χ2n) is 7.63. The van der Waals surface area contributed by atoms with Gasteiger partial charge in [-0.2, -0.15) is 0 Å². The van der Waals surface area contributed by atoms with Gasteiger partial charge in [0.05, 0.1) is 37.3 Å². The van der Waals surface area contributed by atoms with E-state index >= 15 is 0 Å². The van der Waals surface area contributed by atoms with Crippen molar-refractivity contribution < 1.29 is 40.2 Å². The van der Waals surface area contributed by atoms with Crippen molar-refractivity contribution in [2.75, 3.05) is 27.2 Å². The summed E-state index contributed by atoms with van der Waals surface area (Å²) < 4.78 is 110. The van der Waals surface area contributed by atoms with E-state index in [2.05, 4.69) is 10.6 Å². The molecular weight excluding hydrogens is 458 g/mol. The van der Waals surface area contributed by atoms with Gasteiger partial charge in [0.25, 0.3) is 0 Å². The van der Waals surface area contributed by atoms with Crippen LogP contribution in [0.3, 0.4) is 0 Å². The zero-order valence-corrected chi connectivity index (χ0v) is 19.3. The first-order valence-electron chi connectivity index (χ1n) is 17.0. The fraction of sp³-hybridized carbons (Fsp3) is 0.357. The Kier molecular flexibility index (Phi) is 5.79. The number of benzene rings is 2. The number of amides is 2. The van der Waals surface area contributed by atoms with Crippen LogP contribution in [-0.4, -0.2) is 51.3 Å². The molecule has 1 aliphatic carbocycles. The molecule has 1 aliphatic rings. The third-order valence-corrected chi connectivity index (χ3v) is 4.90. The quantitative estimate of drug-likeness (QED) is 0.404. The van der Waals surface area contributed by atoms with Crippen molar-refractivity contribution in [1.29, 1.82) is 0 Å². The minimum Gasteiger partial charge on any atom is -0.501 e. The van der Waals surface area contributed by atoms with Gasteiger partial charge in [-0.1, -0.05) is 54.6 Å². The average Bonchev–Trinajstić information content (AvgIpc) is 2.96. The van der Waals surface area contributed by atoms with Crippen LogP contribution >= 0.6 is 0 Å². The summed E-state index contributed by atoms with van der Waals surface area (Å²) in [6, 6.07) is 11.6. The number of ether oxygens (including phenoxy) is 3. The van der Waals surface area contributed by atoms with Gasteiger partial charge < -0.3 is 30.6 Å². The van der Waals surface area contributed by atoms with E-state index in [-0.39, 0.29) is 24.4 Å². The number of carbonyl (C=O) groups excluding carboxylic acids is 2. The number of nitrogens with two attached hydrogens (primary N) is 1. The van der Waals surface area contributed by atoms with Gasteiger partial charge in [0, 0.05) is 36.6 Å². The van der Waals surface area contributed by atoms with Crippen molar-refractivity contribution in [3.63, 3.8) is 0 Å². The van der Waals surface area contributed by atoms with E-state index in [1.807, 2.05) is 30.3 Å². The van der Waals surface area contributed by atoms with E-state index in [4.69, 9.17) is 36.4 Å². The van der Waals surface area contributed by atoms with Crippen molar-refractivity contribution in [2.24, 2.45) is 11.6 Å². The Morgan fingerprint density at radius 3 is 2.72 bits per heavy atom. The van der Waals surface area contributed by atoms with Crippen molar-refractivity contribution in [3.05, 3.63) is 83.6 Å². The second-order valence-corrected chi connectivity index (χ2v) is 7.63. The fourth-order valence-electron chi connectivity index (χ4n) is 3.13. The Morgan fingerprint density at radius 1 is 1.19 bits per heavy atom. The highest BCUT2D eigenvalue weighted by Crippen LogP contribution is 2.27. The van der Waals surface area contributed by atoms with Crippen molar-refractivity contribution in [1.82, 2.24) is 10.6 Å². The molecule has 0 aromatic heterocycles. The number of methoxy groups -OCH3 is 2. The van der Waals surface area contributed by atoms with Gasteiger partial charge in [0.1, 0.15) is 5.75 Å². The minimum atomic E-state index is -3.35. The maximum absolute atomic E-state index is 12.2. The fourth-order valence-corrected chi connectivity index (χ4v) is 3.13. The second kappa shape index (κ2) is 14.1. The predicted octanol–water partition coefficient (Wildman–Crippen LogP) is 3.43. The molecule has 2 aromatic carbocycles. The summed E-state index contributed by atoms with van der Waals surface area (Å²) in [6.45, 7) is 0.0850. The number of hydrogen-bond acceptors (Lipinski definition) is 6. The molecule has 3 atom stereocenters. The van der Waals surface area contributed by atoms with Crippen LogP contribution in [0.1, 0.15) is 40.4 Å². The van der Waals surface area contributed by atoms with E-state index in [0.29, 0.717) is 12.5 Å². The topological polar surface area (TPSA) is 112 Å². The third-order valence-electron chi connectivity index (χ3n) is 4.90. The lowest BCUT2D eigenvalue weighted by molar-refractivity contribution is -0.122.